The average Bonchev–Trinajstić information content (AvgIpc) is 3.12. The lowest BCUT2D eigenvalue weighted by atomic mass is 10.2. The van der Waals surface area contributed by atoms with Gasteiger partial charge in [0.25, 0.3) is 5.91 Å². The molecule has 7 heteroatoms. The van der Waals surface area contributed by atoms with E-state index in [-0.39, 0.29) is 5.91 Å². The number of halogens is 1. The van der Waals surface area contributed by atoms with Crippen molar-refractivity contribution in [2.45, 2.75) is 26.2 Å². The van der Waals surface area contributed by atoms with Crippen LogP contribution in [0.1, 0.15) is 35.1 Å². The summed E-state index contributed by atoms with van der Waals surface area (Å²) in [5.74, 6) is 1.03. The second kappa shape index (κ2) is 9.89. The van der Waals surface area contributed by atoms with E-state index in [1.165, 1.54) is 4.70 Å². The first-order valence-electron chi connectivity index (χ1n) is 9.25. The van der Waals surface area contributed by atoms with Gasteiger partial charge in [-0.3, -0.25) is 4.79 Å². The summed E-state index contributed by atoms with van der Waals surface area (Å²) >= 11 is 5.18. The number of amides is 1. The molecule has 0 aliphatic rings. The van der Waals surface area contributed by atoms with E-state index in [1.807, 2.05) is 25.1 Å². The number of hydrogen-bond acceptors (Lipinski definition) is 5. The van der Waals surface area contributed by atoms with E-state index in [4.69, 9.17) is 9.47 Å². The highest BCUT2D eigenvalue weighted by molar-refractivity contribution is 9.10. The largest absolute Gasteiger partial charge is 0.493 e. The van der Waals surface area contributed by atoms with Crippen LogP contribution < -0.4 is 14.8 Å². The molecule has 3 aromatic rings. The first-order chi connectivity index (χ1) is 13.6. The number of para-hydroxylation sites is 1. The minimum absolute atomic E-state index is 0.134. The van der Waals surface area contributed by atoms with Crippen LogP contribution >= 0.6 is 27.3 Å². The highest BCUT2D eigenvalue weighted by Gasteiger charge is 2.15. The summed E-state index contributed by atoms with van der Waals surface area (Å²) in [6.45, 7) is 3.21. The van der Waals surface area contributed by atoms with Gasteiger partial charge in [0, 0.05) is 18.5 Å². The lowest BCUT2D eigenvalue weighted by Crippen LogP contribution is -2.24. The van der Waals surface area contributed by atoms with E-state index in [1.54, 1.807) is 30.6 Å². The van der Waals surface area contributed by atoms with Gasteiger partial charge in [-0.25, -0.2) is 4.98 Å². The van der Waals surface area contributed by atoms with Crippen LogP contribution in [0.2, 0.25) is 0 Å². The molecule has 1 heterocycles. The molecule has 1 N–H and O–H groups in total. The third-order valence-corrected chi connectivity index (χ3v) is 5.82. The Morgan fingerprint density at radius 3 is 2.86 bits per heavy atom. The molecule has 0 bridgehead atoms. The number of aryl methyl sites for hydroxylation is 1. The lowest BCUT2D eigenvalue weighted by Gasteiger charge is -2.14. The van der Waals surface area contributed by atoms with Gasteiger partial charge >= 0.3 is 0 Å². The maximum absolute atomic E-state index is 12.5. The predicted octanol–water partition coefficient (Wildman–Crippen LogP) is 5.22. The number of rotatable bonds is 9. The zero-order chi connectivity index (χ0) is 19.9. The minimum atomic E-state index is -0.134. The minimum Gasteiger partial charge on any atom is -0.493 e. The number of thiazole rings is 1. The molecule has 5 nitrogen and oxygen atoms in total. The van der Waals surface area contributed by atoms with Gasteiger partial charge in [-0.2, -0.15) is 0 Å². The normalized spacial score (nSPS) is 10.8. The van der Waals surface area contributed by atoms with Crippen molar-refractivity contribution >= 4 is 43.4 Å². The van der Waals surface area contributed by atoms with Crippen LogP contribution in [-0.4, -0.2) is 31.2 Å². The summed E-state index contributed by atoms with van der Waals surface area (Å²) in [7, 11) is 1.57. The summed E-state index contributed by atoms with van der Waals surface area (Å²) in [5, 5.41) is 4.06. The van der Waals surface area contributed by atoms with E-state index < -0.39 is 0 Å². The number of nitrogens with zero attached hydrogens (tertiary/aromatic N) is 1. The quantitative estimate of drug-likeness (QED) is 0.442. The van der Waals surface area contributed by atoms with Gasteiger partial charge in [0.1, 0.15) is 0 Å². The van der Waals surface area contributed by atoms with Crippen molar-refractivity contribution in [3.63, 3.8) is 0 Å². The average molecular weight is 463 g/mol. The van der Waals surface area contributed by atoms with Crippen LogP contribution in [0.25, 0.3) is 10.2 Å². The molecule has 0 unspecified atom stereocenters. The predicted molar refractivity (Wildman–Crippen MR) is 117 cm³/mol. The Morgan fingerprint density at radius 2 is 2.11 bits per heavy atom. The Labute approximate surface area is 177 Å². The number of hydrogen-bond donors (Lipinski definition) is 1. The molecule has 1 aromatic heterocycles. The highest BCUT2D eigenvalue weighted by atomic mass is 79.9. The number of fused-ring (bicyclic) bond motifs is 1. The maximum atomic E-state index is 12.5. The molecule has 2 aromatic carbocycles. The van der Waals surface area contributed by atoms with Gasteiger partial charge in [-0.15, -0.1) is 11.3 Å². The number of methoxy groups -OCH3 is 1. The fourth-order valence-electron chi connectivity index (χ4n) is 2.77. The Hall–Kier alpha value is -2.12. The molecule has 0 saturated heterocycles. The summed E-state index contributed by atoms with van der Waals surface area (Å²) in [4.78, 5) is 17.1. The van der Waals surface area contributed by atoms with Gasteiger partial charge in [0.05, 0.1) is 33.4 Å². The van der Waals surface area contributed by atoms with Crippen LogP contribution in [0.3, 0.4) is 0 Å². The number of benzene rings is 2. The fourth-order valence-corrected chi connectivity index (χ4v) is 4.33. The molecule has 0 aliphatic heterocycles. The van der Waals surface area contributed by atoms with Crippen molar-refractivity contribution in [1.29, 1.82) is 0 Å². The second-order valence-electron chi connectivity index (χ2n) is 6.27. The van der Waals surface area contributed by atoms with Crippen LogP contribution in [-0.2, 0) is 6.42 Å². The maximum Gasteiger partial charge on any atom is 0.251 e. The Kier molecular flexibility index (Phi) is 7.28. The summed E-state index contributed by atoms with van der Waals surface area (Å²) in [6, 6.07) is 11.6. The van der Waals surface area contributed by atoms with Crippen LogP contribution in [0, 0.1) is 0 Å². The topological polar surface area (TPSA) is 60.5 Å². The first-order valence-corrected chi connectivity index (χ1v) is 10.9. The molecule has 0 spiro atoms. The SMILES string of the molecule is CCCOc1c(Br)cc(C(=O)NCCCc2nc3ccccc3s2)cc1OC. The number of ether oxygens (including phenoxy) is 2. The summed E-state index contributed by atoms with van der Waals surface area (Å²) in [5.41, 5.74) is 1.57. The number of nitrogens with one attached hydrogen (secondary N) is 1. The van der Waals surface area contributed by atoms with Gasteiger partial charge < -0.3 is 14.8 Å². The smallest absolute Gasteiger partial charge is 0.251 e. The van der Waals surface area contributed by atoms with Gasteiger partial charge in [-0.1, -0.05) is 19.1 Å². The van der Waals surface area contributed by atoms with Crippen molar-refractivity contribution in [1.82, 2.24) is 10.3 Å². The van der Waals surface area contributed by atoms with Crippen LogP contribution in [0.15, 0.2) is 40.9 Å². The van der Waals surface area contributed by atoms with E-state index in [2.05, 4.69) is 32.3 Å². The van der Waals surface area contributed by atoms with E-state index in [9.17, 15) is 4.79 Å². The van der Waals surface area contributed by atoms with Crippen molar-refractivity contribution in [3.8, 4) is 11.5 Å². The molecule has 1 amide bonds. The summed E-state index contributed by atoms with van der Waals surface area (Å²) < 4.78 is 13.0. The number of carbonyl (C=O) groups excluding carboxylic acids is 1. The molecule has 0 aliphatic carbocycles. The van der Waals surface area contributed by atoms with Crippen molar-refractivity contribution in [3.05, 3.63) is 51.4 Å². The molecule has 0 saturated carbocycles. The van der Waals surface area contributed by atoms with Crippen LogP contribution in [0.4, 0.5) is 0 Å². The van der Waals surface area contributed by atoms with E-state index in [0.717, 1.165) is 29.8 Å². The van der Waals surface area contributed by atoms with E-state index >= 15 is 0 Å². The monoisotopic (exact) mass is 462 g/mol. The lowest BCUT2D eigenvalue weighted by molar-refractivity contribution is 0.0952. The second-order valence-corrected chi connectivity index (χ2v) is 8.24. The Balaban J connectivity index is 1.56. The zero-order valence-corrected chi connectivity index (χ0v) is 18.4. The highest BCUT2D eigenvalue weighted by Crippen LogP contribution is 2.36. The molecule has 0 radical (unpaired) electrons. The molecule has 28 heavy (non-hydrogen) atoms. The van der Waals surface area contributed by atoms with Gasteiger partial charge in [-0.05, 0) is 53.0 Å². The molecule has 0 atom stereocenters. The Bertz CT molecular complexity index is 925. The van der Waals surface area contributed by atoms with Gasteiger partial charge in [0.15, 0.2) is 11.5 Å². The third kappa shape index (κ3) is 5.02. The Morgan fingerprint density at radius 1 is 1.29 bits per heavy atom. The number of carbonyl (C=O) groups is 1. The molecule has 0 fully saturated rings. The number of aromatic nitrogens is 1. The molecule has 148 valence electrons. The third-order valence-electron chi connectivity index (χ3n) is 4.13. The molecular weight excluding hydrogens is 440 g/mol. The fraction of sp³-hybridized carbons (Fsp3) is 0.333. The summed E-state index contributed by atoms with van der Waals surface area (Å²) in [6.07, 6.45) is 2.57. The zero-order valence-electron chi connectivity index (χ0n) is 16.0. The van der Waals surface area contributed by atoms with Crippen molar-refractivity contribution in [2.24, 2.45) is 0 Å². The van der Waals surface area contributed by atoms with Crippen molar-refractivity contribution in [2.75, 3.05) is 20.3 Å². The molecular formula is C21H23BrN2O3S. The van der Waals surface area contributed by atoms with Crippen LogP contribution in [0.5, 0.6) is 11.5 Å². The van der Waals surface area contributed by atoms with Gasteiger partial charge in [0.2, 0.25) is 0 Å². The molecule has 3 rings (SSSR count). The first kappa shape index (κ1) is 20.6. The van der Waals surface area contributed by atoms with Crippen molar-refractivity contribution < 1.29 is 14.3 Å². The standard InChI is InChI=1S/C21H23BrN2O3S/c1-3-11-27-20-15(22)12-14(13-17(20)26-2)21(25)23-10-6-9-19-24-16-7-4-5-8-18(16)28-19/h4-5,7-8,12-13H,3,6,9-11H2,1-2H3,(H,23,25). The van der Waals surface area contributed by atoms with E-state index in [0.29, 0.717) is 34.7 Å².